The van der Waals surface area contributed by atoms with Gasteiger partial charge in [0.15, 0.2) is 11.4 Å². The quantitative estimate of drug-likeness (QED) is 0.694. The smallest absolute Gasteiger partial charge is 0.184 e. The maximum Gasteiger partial charge on any atom is 0.184 e. The fourth-order valence-electron chi connectivity index (χ4n) is 2.78. The summed E-state index contributed by atoms with van der Waals surface area (Å²) < 4.78 is 2.47. The SMILES string of the molecule is CC[n+]1c(C(C)C)cc(-c2ccccc2)cc1C(C)C. The molecule has 20 heavy (non-hydrogen) atoms. The van der Waals surface area contributed by atoms with Gasteiger partial charge in [-0.15, -0.1) is 0 Å². The predicted octanol–water partition coefficient (Wildman–Crippen LogP) is 4.91. The summed E-state index contributed by atoms with van der Waals surface area (Å²) >= 11 is 0. The highest BCUT2D eigenvalue weighted by atomic mass is 15.0. The van der Waals surface area contributed by atoms with Crippen molar-refractivity contribution in [2.24, 2.45) is 0 Å². The lowest BCUT2D eigenvalue weighted by atomic mass is 9.97. The molecule has 106 valence electrons. The van der Waals surface area contributed by atoms with Crippen LogP contribution in [-0.4, -0.2) is 0 Å². The highest BCUT2D eigenvalue weighted by Gasteiger charge is 2.22. The third-order valence-electron chi connectivity index (χ3n) is 3.84. The summed E-state index contributed by atoms with van der Waals surface area (Å²) in [6.07, 6.45) is 0. The minimum absolute atomic E-state index is 0.538. The van der Waals surface area contributed by atoms with Crippen molar-refractivity contribution in [3.05, 3.63) is 53.9 Å². The number of benzene rings is 1. The molecule has 0 fully saturated rings. The van der Waals surface area contributed by atoms with E-state index in [9.17, 15) is 0 Å². The maximum absolute atomic E-state index is 2.47. The van der Waals surface area contributed by atoms with E-state index in [0.717, 1.165) is 6.54 Å². The van der Waals surface area contributed by atoms with Crippen LogP contribution in [0.3, 0.4) is 0 Å². The molecule has 0 N–H and O–H groups in total. The van der Waals surface area contributed by atoms with Crippen LogP contribution in [0, 0.1) is 0 Å². The van der Waals surface area contributed by atoms with Gasteiger partial charge in [0.1, 0.15) is 6.54 Å². The number of hydrogen-bond donors (Lipinski definition) is 0. The second-order valence-electron chi connectivity index (χ2n) is 6.01. The Labute approximate surface area is 123 Å². The molecule has 1 aromatic heterocycles. The Bertz CT molecular complexity index is 539. The van der Waals surface area contributed by atoms with Crippen molar-refractivity contribution in [1.29, 1.82) is 0 Å². The Morgan fingerprint density at radius 1 is 0.800 bits per heavy atom. The van der Waals surface area contributed by atoms with Crippen LogP contribution < -0.4 is 4.57 Å². The van der Waals surface area contributed by atoms with Crippen LogP contribution in [0.2, 0.25) is 0 Å². The van der Waals surface area contributed by atoms with E-state index in [1.807, 2.05) is 0 Å². The predicted molar refractivity (Wildman–Crippen MR) is 85.9 cm³/mol. The van der Waals surface area contributed by atoms with Gasteiger partial charge in [-0.25, -0.2) is 0 Å². The van der Waals surface area contributed by atoms with Crippen molar-refractivity contribution in [3.63, 3.8) is 0 Å². The highest BCUT2D eigenvalue weighted by molar-refractivity contribution is 5.63. The van der Waals surface area contributed by atoms with Crippen LogP contribution >= 0.6 is 0 Å². The number of aromatic nitrogens is 1. The third kappa shape index (κ3) is 2.92. The van der Waals surface area contributed by atoms with Gasteiger partial charge in [-0.2, -0.15) is 4.57 Å². The molecular formula is C19H26N+. The van der Waals surface area contributed by atoms with Gasteiger partial charge < -0.3 is 0 Å². The van der Waals surface area contributed by atoms with E-state index >= 15 is 0 Å². The molecule has 2 aromatic rings. The second-order valence-corrected chi connectivity index (χ2v) is 6.01. The lowest BCUT2D eigenvalue weighted by Gasteiger charge is -2.14. The molecule has 0 spiro atoms. The van der Waals surface area contributed by atoms with Gasteiger partial charge >= 0.3 is 0 Å². The van der Waals surface area contributed by atoms with Crippen LogP contribution in [0.4, 0.5) is 0 Å². The van der Waals surface area contributed by atoms with Crippen molar-refractivity contribution < 1.29 is 4.57 Å². The molecule has 0 unspecified atom stereocenters. The lowest BCUT2D eigenvalue weighted by Crippen LogP contribution is -2.42. The van der Waals surface area contributed by atoms with Crippen molar-refractivity contribution in [2.45, 2.75) is 53.0 Å². The summed E-state index contributed by atoms with van der Waals surface area (Å²) in [6.45, 7) is 12.4. The van der Waals surface area contributed by atoms with E-state index in [2.05, 4.69) is 81.7 Å². The first-order valence-corrected chi connectivity index (χ1v) is 7.67. The first kappa shape index (κ1) is 14.8. The van der Waals surface area contributed by atoms with Crippen molar-refractivity contribution in [3.8, 4) is 11.1 Å². The van der Waals surface area contributed by atoms with Crippen molar-refractivity contribution >= 4 is 0 Å². The number of pyridine rings is 1. The molecular weight excluding hydrogens is 242 g/mol. The van der Waals surface area contributed by atoms with Gasteiger partial charge in [-0.3, -0.25) is 0 Å². The van der Waals surface area contributed by atoms with E-state index in [0.29, 0.717) is 11.8 Å². The van der Waals surface area contributed by atoms with E-state index < -0.39 is 0 Å². The van der Waals surface area contributed by atoms with Gasteiger partial charge in [0, 0.05) is 24.0 Å². The molecule has 0 bridgehead atoms. The average molecular weight is 268 g/mol. The minimum Gasteiger partial charge on any atom is -0.200 e. The average Bonchev–Trinajstić information content (AvgIpc) is 2.46. The van der Waals surface area contributed by atoms with Gasteiger partial charge in [0.2, 0.25) is 0 Å². The molecule has 0 saturated carbocycles. The molecule has 0 aliphatic carbocycles. The third-order valence-corrected chi connectivity index (χ3v) is 3.84. The molecule has 2 rings (SSSR count). The topological polar surface area (TPSA) is 3.88 Å². The van der Waals surface area contributed by atoms with Gasteiger partial charge in [-0.05, 0) is 18.1 Å². The molecule has 1 aromatic carbocycles. The molecule has 1 heteroatoms. The summed E-state index contributed by atoms with van der Waals surface area (Å²) in [6, 6.07) is 15.4. The van der Waals surface area contributed by atoms with Crippen LogP contribution in [0.1, 0.15) is 57.8 Å². The Kier molecular flexibility index (Phi) is 4.59. The zero-order valence-corrected chi connectivity index (χ0v) is 13.4. The summed E-state index contributed by atoms with van der Waals surface area (Å²) in [5.74, 6) is 1.08. The maximum atomic E-state index is 2.47. The molecule has 0 amide bonds. The van der Waals surface area contributed by atoms with Crippen molar-refractivity contribution in [1.82, 2.24) is 0 Å². The Balaban J connectivity index is 2.66. The Hall–Kier alpha value is -1.63. The normalized spacial score (nSPS) is 11.3. The zero-order chi connectivity index (χ0) is 14.7. The Morgan fingerprint density at radius 3 is 1.70 bits per heavy atom. The summed E-state index contributed by atoms with van der Waals surface area (Å²) in [5.41, 5.74) is 5.50. The summed E-state index contributed by atoms with van der Waals surface area (Å²) in [5, 5.41) is 0. The molecule has 0 aliphatic heterocycles. The molecule has 0 radical (unpaired) electrons. The van der Waals surface area contributed by atoms with E-state index in [1.54, 1.807) is 0 Å². The van der Waals surface area contributed by atoms with Crippen LogP contribution in [0.15, 0.2) is 42.5 Å². The second kappa shape index (κ2) is 6.21. The number of rotatable bonds is 4. The van der Waals surface area contributed by atoms with Gasteiger partial charge in [0.25, 0.3) is 0 Å². The summed E-state index contributed by atoms with van der Waals surface area (Å²) in [4.78, 5) is 0. The largest absolute Gasteiger partial charge is 0.200 e. The van der Waals surface area contributed by atoms with Gasteiger partial charge in [-0.1, -0.05) is 58.0 Å². The molecule has 0 saturated heterocycles. The minimum atomic E-state index is 0.538. The fourth-order valence-corrected chi connectivity index (χ4v) is 2.78. The van der Waals surface area contributed by atoms with Gasteiger partial charge in [0.05, 0.1) is 0 Å². The van der Waals surface area contributed by atoms with Crippen LogP contribution in [0.25, 0.3) is 11.1 Å². The van der Waals surface area contributed by atoms with Crippen LogP contribution in [0.5, 0.6) is 0 Å². The molecule has 1 nitrogen and oxygen atoms in total. The Morgan fingerprint density at radius 2 is 1.30 bits per heavy atom. The fraction of sp³-hybridized carbons (Fsp3) is 0.421. The van der Waals surface area contributed by atoms with E-state index in [-0.39, 0.29) is 0 Å². The lowest BCUT2D eigenvalue weighted by molar-refractivity contribution is -0.709. The number of hydrogen-bond acceptors (Lipinski definition) is 0. The number of nitrogens with zero attached hydrogens (tertiary/aromatic N) is 1. The molecule has 0 atom stereocenters. The molecule has 0 aliphatic rings. The standard InChI is InChI=1S/C19H26N/c1-6-20-18(14(2)3)12-17(13-19(20)15(4)5)16-10-8-7-9-11-16/h7-15H,6H2,1-5H3/q+1. The zero-order valence-electron chi connectivity index (χ0n) is 13.4. The monoisotopic (exact) mass is 268 g/mol. The van der Waals surface area contributed by atoms with E-state index in [1.165, 1.54) is 22.5 Å². The highest BCUT2D eigenvalue weighted by Crippen LogP contribution is 2.25. The van der Waals surface area contributed by atoms with E-state index in [4.69, 9.17) is 0 Å². The summed E-state index contributed by atoms with van der Waals surface area (Å²) in [7, 11) is 0. The van der Waals surface area contributed by atoms with Crippen molar-refractivity contribution in [2.75, 3.05) is 0 Å². The molecule has 1 heterocycles. The first-order valence-electron chi connectivity index (χ1n) is 7.67. The van der Waals surface area contributed by atoms with Crippen LogP contribution in [-0.2, 0) is 6.54 Å². The first-order chi connectivity index (χ1) is 9.54.